The maximum atomic E-state index is 11.5. The lowest BCUT2D eigenvalue weighted by atomic mass is 9.85. The second kappa shape index (κ2) is 9.83. The van der Waals surface area contributed by atoms with Crippen molar-refractivity contribution in [1.82, 2.24) is 15.5 Å². The number of hydrogen-bond acceptors (Lipinski definition) is 3. The van der Waals surface area contributed by atoms with Crippen molar-refractivity contribution in [2.75, 3.05) is 27.2 Å². The number of aliphatic imine (C=N–C) groups is 1. The number of carbonyl (C=O) groups is 1. The summed E-state index contributed by atoms with van der Waals surface area (Å²) in [4.78, 5) is 17.7. The smallest absolute Gasteiger partial charge is 0.409 e. The largest absolute Gasteiger partial charge is 0.453 e. The van der Waals surface area contributed by atoms with Crippen LogP contribution in [0.25, 0.3) is 0 Å². The van der Waals surface area contributed by atoms with Gasteiger partial charge in [-0.25, -0.2) is 4.79 Å². The summed E-state index contributed by atoms with van der Waals surface area (Å²) in [5.74, 6) is 2.71. The molecule has 3 rings (SSSR count). The number of amides is 1. The van der Waals surface area contributed by atoms with E-state index in [2.05, 4.69) is 15.6 Å². The van der Waals surface area contributed by atoms with E-state index in [0.717, 1.165) is 43.7 Å². The number of guanidine groups is 1. The van der Waals surface area contributed by atoms with Crippen LogP contribution >= 0.6 is 24.0 Å². The molecule has 2 atom stereocenters. The summed E-state index contributed by atoms with van der Waals surface area (Å²) < 4.78 is 4.79. The molecule has 0 spiro atoms. The zero-order valence-corrected chi connectivity index (χ0v) is 17.8. The maximum Gasteiger partial charge on any atom is 0.409 e. The van der Waals surface area contributed by atoms with Crippen molar-refractivity contribution in [3.05, 3.63) is 0 Å². The molecule has 2 unspecified atom stereocenters. The van der Waals surface area contributed by atoms with Crippen molar-refractivity contribution < 1.29 is 9.53 Å². The van der Waals surface area contributed by atoms with E-state index in [9.17, 15) is 4.79 Å². The van der Waals surface area contributed by atoms with Gasteiger partial charge in [-0.3, -0.25) is 4.99 Å². The molecule has 3 aliphatic rings. The lowest BCUT2D eigenvalue weighted by Gasteiger charge is -2.32. The Kier molecular flexibility index (Phi) is 8.09. The van der Waals surface area contributed by atoms with E-state index in [1.54, 1.807) is 4.90 Å². The van der Waals surface area contributed by atoms with E-state index in [0.29, 0.717) is 12.1 Å². The zero-order chi connectivity index (χ0) is 16.9. The molecule has 1 saturated heterocycles. The third-order valence-corrected chi connectivity index (χ3v) is 5.91. The molecular formula is C18H33IN4O2. The lowest BCUT2D eigenvalue weighted by Crippen LogP contribution is -2.50. The molecule has 1 amide bonds. The second-order valence-electron chi connectivity index (χ2n) is 7.50. The van der Waals surface area contributed by atoms with Gasteiger partial charge in [-0.05, 0) is 31.1 Å². The highest BCUT2D eigenvalue weighted by Gasteiger charge is 2.43. The normalized spacial score (nSPS) is 28.1. The van der Waals surface area contributed by atoms with E-state index < -0.39 is 0 Å². The Balaban J connectivity index is 0.00000225. The predicted molar refractivity (Wildman–Crippen MR) is 111 cm³/mol. The van der Waals surface area contributed by atoms with Gasteiger partial charge in [0.05, 0.1) is 7.11 Å². The Morgan fingerprint density at radius 1 is 1.08 bits per heavy atom. The summed E-state index contributed by atoms with van der Waals surface area (Å²) in [6.07, 6.45) is 10.0. The van der Waals surface area contributed by atoms with Crippen molar-refractivity contribution >= 4 is 36.0 Å². The molecular weight excluding hydrogens is 431 g/mol. The van der Waals surface area contributed by atoms with Crippen LogP contribution in [-0.4, -0.2) is 56.3 Å². The number of nitrogens with one attached hydrogen (secondary N) is 2. The molecule has 0 radical (unpaired) electrons. The summed E-state index contributed by atoms with van der Waals surface area (Å²) in [6.45, 7) is 1.49. The highest BCUT2D eigenvalue weighted by atomic mass is 127. The molecule has 25 heavy (non-hydrogen) atoms. The third-order valence-electron chi connectivity index (χ3n) is 5.91. The average molecular weight is 464 g/mol. The Labute approximate surface area is 168 Å². The number of methoxy groups -OCH3 is 1. The van der Waals surface area contributed by atoms with Gasteiger partial charge in [0.25, 0.3) is 0 Å². The van der Waals surface area contributed by atoms with E-state index in [1.165, 1.54) is 45.6 Å². The Morgan fingerprint density at radius 3 is 2.36 bits per heavy atom. The number of halogens is 1. The van der Waals surface area contributed by atoms with Gasteiger partial charge >= 0.3 is 6.09 Å². The third kappa shape index (κ3) is 5.62. The van der Waals surface area contributed by atoms with Gasteiger partial charge in [0.1, 0.15) is 0 Å². The summed E-state index contributed by atoms with van der Waals surface area (Å²) >= 11 is 0. The Hall–Kier alpha value is -0.730. The van der Waals surface area contributed by atoms with Gasteiger partial charge < -0.3 is 20.3 Å². The van der Waals surface area contributed by atoms with Gasteiger partial charge in [0.2, 0.25) is 0 Å². The van der Waals surface area contributed by atoms with Crippen molar-refractivity contribution in [1.29, 1.82) is 0 Å². The molecule has 6 nitrogen and oxygen atoms in total. The number of likely N-dealkylation sites (tertiary alicyclic amines) is 1. The first kappa shape index (κ1) is 20.6. The summed E-state index contributed by atoms with van der Waals surface area (Å²) in [5, 5.41) is 7.15. The SMILES string of the molecule is CN=C(NC1CCN(C(=O)OC)CC1)NC1CC1C1CCCCC1.I. The molecule has 3 fully saturated rings. The van der Waals surface area contributed by atoms with Crippen molar-refractivity contribution in [3.63, 3.8) is 0 Å². The number of rotatable bonds is 3. The van der Waals surface area contributed by atoms with E-state index >= 15 is 0 Å². The van der Waals surface area contributed by atoms with Gasteiger partial charge in [-0.15, -0.1) is 24.0 Å². The first-order chi connectivity index (χ1) is 11.7. The highest BCUT2D eigenvalue weighted by Crippen LogP contribution is 2.44. The molecule has 2 aliphatic carbocycles. The molecule has 0 aromatic rings. The van der Waals surface area contributed by atoms with E-state index in [-0.39, 0.29) is 30.1 Å². The highest BCUT2D eigenvalue weighted by molar-refractivity contribution is 14.0. The van der Waals surface area contributed by atoms with Crippen LogP contribution in [0.2, 0.25) is 0 Å². The number of piperidine rings is 1. The summed E-state index contributed by atoms with van der Waals surface area (Å²) in [7, 11) is 3.29. The van der Waals surface area contributed by atoms with E-state index in [4.69, 9.17) is 4.74 Å². The van der Waals surface area contributed by atoms with Crippen LogP contribution in [-0.2, 0) is 4.74 Å². The quantitative estimate of drug-likeness (QED) is 0.383. The fraction of sp³-hybridized carbons (Fsp3) is 0.889. The van der Waals surface area contributed by atoms with Crippen molar-refractivity contribution in [3.8, 4) is 0 Å². The molecule has 2 saturated carbocycles. The summed E-state index contributed by atoms with van der Waals surface area (Å²) in [5.41, 5.74) is 0. The molecule has 7 heteroatoms. The lowest BCUT2D eigenvalue weighted by molar-refractivity contribution is 0.111. The minimum absolute atomic E-state index is 0. The molecule has 1 heterocycles. The zero-order valence-electron chi connectivity index (χ0n) is 15.5. The molecule has 0 bridgehead atoms. The monoisotopic (exact) mass is 464 g/mol. The average Bonchev–Trinajstić information content (AvgIpc) is 3.41. The minimum atomic E-state index is -0.218. The van der Waals surface area contributed by atoms with Crippen LogP contribution in [0.3, 0.4) is 0 Å². The predicted octanol–water partition coefficient (Wildman–Crippen LogP) is 2.97. The van der Waals surface area contributed by atoms with E-state index in [1.807, 2.05) is 7.05 Å². The fourth-order valence-corrected chi connectivity index (χ4v) is 4.34. The van der Waals surface area contributed by atoms with Gasteiger partial charge in [0, 0.05) is 32.2 Å². The number of ether oxygens (including phenoxy) is 1. The van der Waals surface area contributed by atoms with Crippen molar-refractivity contribution in [2.24, 2.45) is 16.8 Å². The van der Waals surface area contributed by atoms with Crippen LogP contribution in [0.1, 0.15) is 51.4 Å². The van der Waals surface area contributed by atoms with Gasteiger partial charge in [-0.1, -0.05) is 32.1 Å². The Bertz CT molecular complexity index is 460. The second-order valence-corrected chi connectivity index (χ2v) is 7.50. The standard InChI is InChI=1S/C18H32N4O2.HI/c1-19-17(20-14-8-10-22(11-9-14)18(23)24-2)21-16-12-15(16)13-6-4-3-5-7-13;/h13-16H,3-12H2,1-2H3,(H2,19,20,21);1H. The van der Waals surface area contributed by atoms with Gasteiger partial charge in [0.15, 0.2) is 5.96 Å². The van der Waals surface area contributed by atoms with Crippen LogP contribution in [0, 0.1) is 11.8 Å². The number of carbonyl (C=O) groups excluding carboxylic acids is 1. The molecule has 0 aromatic heterocycles. The molecule has 2 N–H and O–H groups in total. The fourth-order valence-electron chi connectivity index (χ4n) is 4.34. The first-order valence-electron chi connectivity index (χ1n) is 9.54. The van der Waals surface area contributed by atoms with Crippen LogP contribution < -0.4 is 10.6 Å². The maximum absolute atomic E-state index is 11.5. The van der Waals surface area contributed by atoms with Crippen molar-refractivity contribution in [2.45, 2.75) is 63.5 Å². The van der Waals surface area contributed by atoms with Crippen LogP contribution in [0.4, 0.5) is 4.79 Å². The molecule has 0 aromatic carbocycles. The Morgan fingerprint density at radius 2 is 1.76 bits per heavy atom. The minimum Gasteiger partial charge on any atom is -0.453 e. The molecule has 144 valence electrons. The van der Waals surface area contributed by atoms with Crippen LogP contribution in [0.5, 0.6) is 0 Å². The number of hydrogen-bond donors (Lipinski definition) is 2. The first-order valence-corrected chi connectivity index (χ1v) is 9.54. The summed E-state index contributed by atoms with van der Waals surface area (Å²) in [6, 6.07) is 0.985. The molecule has 1 aliphatic heterocycles. The van der Waals surface area contributed by atoms with Gasteiger partial charge in [-0.2, -0.15) is 0 Å². The number of nitrogens with zero attached hydrogens (tertiary/aromatic N) is 2. The van der Waals surface area contributed by atoms with Crippen LogP contribution in [0.15, 0.2) is 4.99 Å². The topological polar surface area (TPSA) is 66.0 Å².